The highest BCUT2D eigenvalue weighted by molar-refractivity contribution is 5.13. The number of hydrogen-bond acceptors (Lipinski definition) is 5. The number of aryl methyl sites for hydroxylation is 3. The minimum Gasteiger partial charge on any atom is -0.272 e. The van der Waals surface area contributed by atoms with Gasteiger partial charge in [-0.05, 0) is 25.5 Å². The SMILES string of the molecule is Cc1cnc(C(Cc2cc(C)nn2C)NN)nc1. The fraction of sp³-hybridized carbons (Fsp3) is 0.417. The van der Waals surface area contributed by atoms with E-state index in [1.807, 2.05) is 31.6 Å². The lowest BCUT2D eigenvalue weighted by Gasteiger charge is -2.14. The predicted molar refractivity (Wildman–Crippen MR) is 68.5 cm³/mol. The number of aromatic nitrogens is 4. The third-order valence-electron chi connectivity index (χ3n) is 2.83. The Labute approximate surface area is 106 Å². The van der Waals surface area contributed by atoms with E-state index in [-0.39, 0.29) is 6.04 Å². The first-order valence-electron chi connectivity index (χ1n) is 5.84. The van der Waals surface area contributed by atoms with Crippen molar-refractivity contribution in [3.63, 3.8) is 0 Å². The molecule has 18 heavy (non-hydrogen) atoms. The van der Waals surface area contributed by atoms with Crippen LogP contribution in [0.5, 0.6) is 0 Å². The second-order valence-corrected chi connectivity index (χ2v) is 4.44. The standard InChI is InChI=1S/C12H18N6/c1-8-6-14-12(15-7-8)11(16-13)5-10-4-9(2)17-18(10)3/h4,6-7,11,16H,5,13H2,1-3H3. The van der Waals surface area contributed by atoms with E-state index in [0.29, 0.717) is 12.2 Å². The van der Waals surface area contributed by atoms with E-state index in [0.717, 1.165) is 17.0 Å². The lowest BCUT2D eigenvalue weighted by Crippen LogP contribution is -2.31. The zero-order valence-electron chi connectivity index (χ0n) is 10.9. The summed E-state index contributed by atoms with van der Waals surface area (Å²) >= 11 is 0. The molecule has 0 spiro atoms. The molecule has 0 amide bonds. The smallest absolute Gasteiger partial charge is 0.146 e. The molecule has 0 saturated heterocycles. The van der Waals surface area contributed by atoms with Gasteiger partial charge in [0, 0.05) is 31.6 Å². The van der Waals surface area contributed by atoms with Crippen molar-refractivity contribution in [2.24, 2.45) is 12.9 Å². The van der Waals surface area contributed by atoms with Crippen molar-refractivity contribution in [3.05, 3.63) is 41.2 Å². The third kappa shape index (κ3) is 2.72. The molecule has 0 aromatic carbocycles. The summed E-state index contributed by atoms with van der Waals surface area (Å²) in [6, 6.07) is 1.93. The molecule has 0 bridgehead atoms. The number of hydrazine groups is 1. The minimum absolute atomic E-state index is 0.111. The molecule has 96 valence electrons. The average Bonchev–Trinajstić information content (AvgIpc) is 2.66. The monoisotopic (exact) mass is 246 g/mol. The van der Waals surface area contributed by atoms with Crippen LogP contribution in [-0.4, -0.2) is 19.7 Å². The van der Waals surface area contributed by atoms with Gasteiger partial charge >= 0.3 is 0 Å². The van der Waals surface area contributed by atoms with Crippen molar-refractivity contribution in [2.75, 3.05) is 0 Å². The Bertz CT molecular complexity index is 516. The van der Waals surface area contributed by atoms with Crippen LogP contribution in [0.1, 0.15) is 28.8 Å². The van der Waals surface area contributed by atoms with Crippen LogP contribution in [-0.2, 0) is 13.5 Å². The molecular formula is C12H18N6. The topological polar surface area (TPSA) is 81.7 Å². The maximum atomic E-state index is 5.59. The summed E-state index contributed by atoms with van der Waals surface area (Å²) in [5.41, 5.74) is 5.88. The van der Waals surface area contributed by atoms with Crippen molar-refractivity contribution in [1.29, 1.82) is 0 Å². The molecule has 6 heteroatoms. The Kier molecular flexibility index (Phi) is 3.69. The van der Waals surface area contributed by atoms with Crippen molar-refractivity contribution in [3.8, 4) is 0 Å². The fourth-order valence-electron chi connectivity index (χ4n) is 1.87. The van der Waals surface area contributed by atoms with Gasteiger partial charge < -0.3 is 0 Å². The van der Waals surface area contributed by atoms with Crippen LogP contribution in [0, 0.1) is 13.8 Å². The molecule has 1 atom stereocenters. The van der Waals surface area contributed by atoms with Crippen molar-refractivity contribution >= 4 is 0 Å². The number of rotatable bonds is 4. The summed E-state index contributed by atoms with van der Waals surface area (Å²) in [6.45, 7) is 3.93. The maximum absolute atomic E-state index is 5.59. The fourth-order valence-corrected chi connectivity index (χ4v) is 1.87. The molecule has 0 aliphatic heterocycles. The summed E-state index contributed by atoms with van der Waals surface area (Å²) in [7, 11) is 1.92. The molecule has 2 rings (SSSR count). The van der Waals surface area contributed by atoms with Crippen LogP contribution >= 0.6 is 0 Å². The Balaban J connectivity index is 2.19. The summed E-state index contributed by atoms with van der Waals surface area (Å²) < 4.78 is 1.86. The van der Waals surface area contributed by atoms with E-state index in [9.17, 15) is 0 Å². The number of hydrogen-bond donors (Lipinski definition) is 2. The Hall–Kier alpha value is -1.79. The minimum atomic E-state index is -0.111. The first kappa shape index (κ1) is 12.7. The van der Waals surface area contributed by atoms with Crippen LogP contribution in [0.2, 0.25) is 0 Å². The van der Waals surface area contributed by atoms with E-state index >= 15 is 0 Å². The van der Waals surface area contributed by atoms with Gasteiger partial charge in [0.25, 0.3) is 0 Å². The van der Waals surface area contributed by atoms with Crippen molar-refractivity contribution < 1.29 is 0 Å². The third-order valence-corrected chi connectivity index (χ3v) is 2.83. The first-order chi connectivity index (χ1) is 8.60. The lowest BCUT2D eigenvalue weighted by molar-refractivity contribution is 0.504. The molecule has 1 unspecified atom stereocenters. The zero-order valence-corrected chi connectivity index (χ0v) is 10.9. The van der Waals surface area contributed by atoms with E-state index < -0.39 is 0 Å². The average molecular weight is 246 g/mol. The molecule has 2 aromatic heterocycles. The predicted octanol–water partition coefficient (Wildman–Crippen LogP) is 0.574. The van der Waals surface area contributed by atoms with Gasteiger partial charge in [-0.15, -0.1) is 0 Å². The molecule has 0 fully saturated rings. The molecule has 2 aromatic rings. The van der Waals surface area contributed by atoms with Gasteiger partial charge in [-0.2, -0.15) is 5.10 Å². The summed E-state index contributed by atoms with van der Waals surface area (Å²) in [5.74, 6) is 6.28. The van der Waals surface area contributed by atoms with Crippen LogP contribution in [0.4, 0.5) is 0 Å². The quantitative estimate of drug-likeness (QED) is 0.609. The Morgan fingerprint density at radius 3 is 2.50 bits per heavy atom. The van der Waals surface area contributed by atoms with Gasteiger partial charge in [-0.25, -0.2) is 15.4 Å². The maximum Gasteiger partial charge on any atom is 0.146 e. The molecule has 6 nitrogen and oxygen atoms in total. The largest absolute Gasteiger partial charge is 0.272 e. The van der Waals surface area contributed by atoms with Gasteiger partial charge in [0.1, 0.15) is 5.82 Å². The summed E-state index contributed by atoms with van der Waals surface area (Å²) in [6.07, 6.45) is 4.29. The van der Waals surface area contributed by atoms with Gasteiger partial charge in [-0.3, -0.25) is 10.5 Å². The number of nitrogens with two attached hydrogens (primary N) is 1. The van der Waals surface area contributed by atoms with Crippen LogP contribution in [0.3, 0.4) is 0 Å². The lowest BCUT2D eigenvalue weighted by atomic mass is 10.1. The molecule has 2 heterocycles. The van der Waals surface area contributed by atoms with Gasteiger partial charge in [0.2, 0.25) is 0 Å². The van der Waals surface area contributed by atoms with Crippen LogP contribution in [0.25, 0.3) is 0 Å². The molecular weight excluding hydrogens is 228 g/mol. The Morgan fingerprint density at radius 1 is 1.33 bits per heavy atom. The number of nitrogens with zero attached hydrogens (tertiary/aromatic N) is 4. The highest BCUT2D eigenvalue weighted by atomic mass is 15.3. The van der Waals surface area contributed by atoms with Gasteiger partial charge in [0.05, 0.1) is 11.7 Å². The number of nitrogens with one attached hydrogen (secondary N) is 1. The van der Waals surface area contributed by atoms with Crippen molar-refractivity contribution in [1.82, 2.24) is 25.2 Å². The summed E-state index contributed by atoms with van der Waals surface area (Å²) in [5, 5.41) is 4.31. The molecule has 3 N–H and O–H groups in total. The highest BCUT2D eigenvalue weighted by Crippen LogP contribution is 2.14. The Morgan fingerprint density at radius 2 is 2.00 bits per heavy atom. The highest BCUT2D eigenvalue weighted by Gasteiger charge is 2.15. The van der Waals surface area contributed by atoms with E-state index in [1.54, 1.807) is 12.4 Å². The first-order valence-corrected chi connectivity index (χ1v) is 5.84. The van der Waals surface area contributed by atoms with Crippen LogP contribution < -0.4 is 11.3 Å². The van der Waals surface area contributed by atoms with Gasteiger partial charge in [-0.1, -0.05) is 0 Å². The van der Waals surface area contributed by atoms with E-state index in [4.69, 9.17) is 5.84 Å². The molecule has 0 radical (unpaired) electrons. The van der Waals surface area contributed by atoms with Crippen molar-refractivity contribution in [2.45, 2.75) is 26.3 Å². The second-order valence-electron chi connectivity index (χ2n) is 4.44. The molecule has 0 saturated carbocycles. The van der Waals surface area contributed by atoms with Crippen LogP contribution in [0.15, 0.2) is 18.5 Å². The normalized spacial score (nSPS) is 12.7. The molecule has 0 aliphatic rings. The molecule has 0 aliphatic carbocycles. The van der Waals surface area contributed by atoms with E-state index in [1.165, 1.54) is 0 Å². The second kappa shape index (κ2) is 5.24. The zero-order chi connectivity index (χ0) is 13.1. The van der Waals surface area contributed by atoms with Gasteiger partial charge in [0.15, 0.2) is 0 Å². The van der Waals surface area contributed by atoms with E-state index in [2.05, 4.69) is 20.5 Å². The summed E-state index contributed by atoms with van der Waals surface area (Å²) in [4.78, 5) is 8.60.